The highest BCUT2D eigenvalue weighted by molar-refractivity contribution is 5.85. The van der Waals surface area contributed by atoms with Crippen LogP contribution in [0.15, 0.2) is 41.5 Å². The maximum atomic E-state index is 13.8. The second kappa shape index (κ2) is 9.87. The molecule has 0 unspecified atom stereocenters. The van der Waals surface area contributed by atoms with Crippen molar-refractivity contribution in [2.24, 2.45) is 0 Å². The highest BCUT2D eigenvalue weighted by Gasteiger charge is 2.45. The Morgan fingerprint density at radius 3 is 2.69 bits per heavy atom. The molecule has 1 aromatic carbocycles. The maximum absolute atomic E-state index is 13.8. The average Bonchev–Trinajstić information content (AvgIpc) is 3.35. The van der Waals surface area contributed by atoms with E-state index in [1.807, 2.05) is 31.2 Å². The van der Waals surface area contributed by atoms with Crippen molar-refractivity contribution < 1.29 is 19.0 Å². The third-order valence-corrected chi connectivity index (χ3v) is 6.14. The van der Waals surface area contributed by atoms with Gasteiger partial charge in [-0.25, -0.2) is 9.67 Å². The topological polar surface area (TPSA) is 133 Å². The zero-order valence-corrected chi connectivity index (χ0v) is 20.3. The summed E-state index contributed by atoms with van der Waals surface area (Å²) in [6.07, 6.45) is 3.93. The van der Waals surface area contributed by atoms with Crippen LogP contribution in [0.5, 0.6) is 11.5 Å². The summed E-state index contributed by atoms with van der Waals surface area (Å²) in [6, 6.07) is 7.58. The van der Waals surface area contributed by atoms with Gasteiger partial charge in [0.15, 0.2) is 0 Å². The Bertz CT molecular complexity index is 1240. The van der Waals surface area contributed by atoms with Crippen molar-refractivity contribution >= 4 is 5.91 Å². The standard InChI is InChI=1S/C24H30N6O5/c1-5-35-18-9-7-6-8-16(18)17-15-30(29-28-17)24(10-12-34-13-11-24)22(32)27-23(2,3)21-25-14-19(33-4)20(31)26-21/h6-9,14-15H,5,10-13H2,1-4H3,(H,27,32)(H,25,26,31). The van der Waals surface area contributed by atoms with Crippen LogP contribution in [-0.4, -0.2) is 57.8 Å². The highest BCUT2D eigenvalue weighted by Crippen LogP contribution is 2.34. The summed E-state index contributed by atoms with van der Waals surface area (Å²) >= 11 is 0. The zero-order chi connectivity index (χ0) is 25.1. The van der Waals surface area contributed by atoms with Gasteiger partial charge in [-0.3, -0.25) is 9.59 Å². The Kier molecular flexibility index (Phi) is 6.88. The van der Waals surface area contributed by atoms with E-state index < -0.39 is 16.6 Å². The third-order valence-electron chi connectivity index (χ3n) is 6.14. The van der Waals surface area contributed by atoms with Crippen molar-refractivity contribution in [3.8, 4) is 22.8 Å². The van der Waals surface area contributed by atoms with Crippen molar-refractivity contribution in [2.45, 2.75) is 44.7 Å². The first-order valence-corrected chi connectivity index (χ1v) is 11.5. The lowest BCUT2D eigenvalue weighted by molar-refractivity contribution is -0.137. The van der Waals surface area contributed by atoms with E-state index in [1.165, 1.54) is 13.3 Å². The number of hydrogen-bond acceptors (Lipinski definition) is 8. The number of benzene rings is 1. The van der Waals surface area contributed by atoms with Gasteiger partial charge in [0, 0.05) is 31.6 Å². The Morgan fingerprint density at radius 2 is 2.00 bits per heavy atom. The number of carbonyl (C=O) groups is 1. The van der Waals surface area contributed by atoms with Crippen LogP contribution in [0.25, 0.3) is 11.3 Å². The van der Waals surface area contributed by atoms with Crippen LogP contribution in [0.3, 0.4) is 0 Å². The van der Waals surface area contributed by atoms with Crippen molar-refractivity contribution in [3.05, 3.63) is 52.8 Å². The highest BCUT2D eigenvalue weighted by atomic mass is 16.5. The van der Waals surface area contributed by atoms with Gasteiger partial charge in [-0.1, -0.05) is 17.3 Å². The second-order valence-corrected chi connectivity index (χ2v) is 8.83. The number of para-hydroxylation sites is 1. The molecule has 0 bridgehead atoms. The first-order valence-electron chi connectivity index (χ1n) is 11.5. The van der Waals surface area contributed by atoms with Gasteiger partial charge in [0.2, 0.25) is 11.7 Å². The molecule has 3 heterocycles. The number of ether oxygens (including phenoxy) is 3. The number of rotatable bonds is 8. The van der Waals surface area contributed by atoms with Gasteiger partial charge in [0.25, 0.3) is 5.56 Å². The second-order valence-electron chi connectivity index (χ2n) is 8.83. The summed E-state index contributed by atoms with van der Waals surface area (Å²) in [7, 11) is 1.40. The van der Waals surface area contributed by atoms with Crippen molar-refractivity contribution in [1.82, 2.24) is 30.3 Å². The number of H-pyrrole nitrogens is 1. The third kappa shape index (κ3) is 4.76. The van der Waals surface area contributed by atoms with E-state index in [-0.39, 0.29) is 11.7 Å². The van der Waals surface area contributed by atoms with Gasteiger partial charge in [0.05, 0.1) is 31.6 Å². The van der Waals surface area contributed by atoms with Crippen LogP contribution in [0.4, 0.5) is 0 Å². The smallest absolute Gasteiger partial charge is 0.293 e. The van der Waals surface area contributed by atoms with Gasteiger partial charge in [-0.15, -0.1) is 5.10 Å². The van der Waals surface area contributed by atoms with Crippen molar-refractivity contribution in [1.29, 1.82) is 0 Å². The molecule has 0 spiro atoms. The lowest BCUT2D eigenvalue weighted by Crippen LogP contribution is -2.56. The molecular formula is C24H30N6O5. The predicted octanol–water partition coefficient (Wildman–Crippen LogP) is 1.99. The lowest BCUT2D eigenvalue weighted by Gasteiger charge is -2.38. The van der Waals surface area contributed by atoms with Crippen LogP contribution < -0.4 is 20.3 Å². The number of hydrogen-bond donors (Lipinski definition) is 2. The molecule has 0 atom stereocenters. The fraction of sp³-hybridized carbons (Fsp3) is 0.458. The number of carbonyl (C=O) groups excluding carboxylic acids is 1. The number of aromatic nitrogens is 5. The van der Waals surface area contributed by atoms with Gasteiger partial charge >= 0.3 is 0 Å². The first-order chi connectivity index (χ1) is 16.8. The summed E-state index contributed by atoms with van der Waals surface area (Å²) in [5.74, 6) is 0.838. The monoisotopic (exact) mass is 482 g/mol. The van der Waals surface area contributed by atoms with Gasteiger partial charge in [-0.2, -0.15) is 0 Å². The van der Waals surface area contributed by atoms with Gasteiger partial charge in [-0.05, 0) is 32.9 Å². The average molecular weight is 483 g/mol. The van der Waals surface area contributed by atoms with Crippen LogP contribution >= 0.6 is 0 Å². The van der Waals surface area contributed by atoms with Crippen LogP contribution in [-0.2, 0) is 20.6 Å². The summed E-state index contributed by atoms with van der Waals surface area (Å²) in [5, 5.41) is 11.8. The van der Waals surface area contributed by atoms with Gasteiger partial charge < -0.3 is 24.5 Å². The Morgan fingerprint density at radius 1 is 1.26 bits per heavy atom. The molecule has 3 aromatic rings. The molecule has 1 saturated heterocycles. The van der Waals surface area contributed by atoms with Crippen molar-refractivity contribution in [2.75, 3.05) is 26.9 Å². The van der Waals surface area contributed by atoms with Crippen molar-refractivity contribution in [3.63, 3.8) is 0 Å². The predicted molar refractivity (Wildman–Crippen MR) is 127 cm³/mol. The minimum absolute atomic E-state index is 0.0965. The van der Waals surface area contributed by atoms with E-state index in [1.54, 1.807) is 24.7 Å². The normalized spacial score (nSPS) is 15.4. The minimum atomic E-state index is -1.02. The van der Waals surface area contributed by atoms with E-state index in [9.17, 15) is 9.59 Å². The molecule has 0 saturated carbocycles. The Balaban J connectivity index is 1.66. The molecule has 11 nitrogen and oxygen atoms in total. The van der Waals surface area contributed by atoms with Crippen LogP contribution in [0.1, 0.15) is 39.4 Å². The van der Waals surface area contributed by atoms with Crippen LogP contribution in [0, 0.1) is 0 Å². The molecule has 1 aliphatic heterocycles. The number of nitrogens with zero attached hydrogens (tertiary/aromatic N) is 4. The Hall–Kier alpha value is -3.73. The quantitative estimate of drug-likeness (QED) is 0.498. The molecule has 2 N–H and O–H groups in total. The Labute approximate surface area is 202 Å². The molecule has 2 aromatic heterocycles. The van der Waals surface area contributed by atoms with E-state index in [0.717, 1.165) is 5.56 Å². The summed E-state index contributed by atoms with van der Waals surface area (Å²) in [4.78, 5) is 33.0. The summed E-state index contributed by atoms with van der Waals surface area (Å²) in [5.41, 5.74) is -1.02. The van der Waals surface area contributed by atoms with Gasteiger partial charge in [0.1, 0.15) is 22.8 Å². The molecule has 4 rings (SSSR count). The molecule has 1 amide bonds. The van der Waals surface area contributed by atoms with Crippen LogP contribution in [0.2, 0.25) is 0 Å². The molecule has 0 aliphatic carbocycles. The fourth-order valence-electron chi connectivity index (χ4n) is 4.13. The lowest BCUT2D eigenvalue weighted by atomic mass is 9.87. The molecule has 1 aliphatic rings. The van der Waals surface area contributed by atoms with E-state index in [4.69, 9.17) is 14.2 Å². The molecular weight excluding hydrogens is 452 g/mol. The number of nitrogens with one attached hydrogen (secondary N) is 2. The largest absolute Gasteiger partial charge is 0.493 e. The van der Waals surface area contributed by atoms with E-state index >= 15 is 0 Å². The SMILES string of the molecule is CCOc1ccccc1-c1cn(C2(C(=O)NC(C)(C)c3ncc(OC)c(=O)[nH]3)CCOCC2)nn1. The van der Waals surface area contributed by atoms with E-state index in [0.29, 0.717) is 49.9 Å². The number of aromatic amines is 1. The fourth-order valence-corrected chi connectivity index (χ4v) is 4.13. The molecule has 11 heteroatoms. The minimum Gasteiger partial charge on any atom is -0.493 e. The maximum Gasteiger partial charge on any atom is 0.293 e. The number of methoxy groups -OCH3 is 1. The molecule has 35 heavy (non-hydrogen) atoms. The molecule has 186 valence electrons. The first kappa shape index (κ1) is 24.4. The van der Waals surface area contributed by atoms with E-state index in [2.05, 4.69) is 25.6 Å². The molecule has 0 radical (unpaired) electrons. The summed E-state index contributed by atoms with van der Waals surface area (Å²) in [6.45, 7) is 6.78. The summed E-state index contributed by atoms with van der Waals surface area (Å²) < 4.78 is 17.9. The molecule has 1 fully saturated rings. The zero-order valence-electron chi connectivity index (χ0n) is 20.3. The number of amides is 1.